The van der Waals surface area contributed by atoms with Gasteiger partial charge in [-0.3, -0.25) is 5.84 Å². The van der Waals surface area contributed by atoms with E-state index in [-0.39, 0.29) is 11.9 Å². The summed E-state index contributed by atoms with van der Waals surface area (Å²) < 4.78 is 18.5. The predicted octanol–water partition coefficient (Wildman–Crippen LogP) is 3.00. The van der Waals surface area contributed by atoms with E-state index in [0.29, 0.717) is 0 Å². The number of benzene rings is 2. The highest BCUT2D eigenvalue weighted by Gasteiger charge is 2.19. The Labute approximate surface area is 118 Å². The molecule has 4 heteroatoms. The fourth-order valence-electron chi connectivity index (χ4n) is 2.48. The van der Waals surface area contributed by atoms with E-state index < -0.39 is 0 Å². The second-order valence-corrected chi connectivity index (χ2v) is 4.85. The number of aryl methyl sites for hydroxylation is 2. The molecule has 1 atom stereocenters. The Hall–Kier alpha value is -1.91. The molecule has 0 aliphatic rings. The molecule has 106 valence electrons. The zero-order valence-corrected chi connectivity index (χ0v) is 11.9. The van der Waals surface area contributed by atoms with Gasteiger partial charge < -0.3 is 4.74 Å². The monoisotopic (exact) mass is 274 g/mol. The lowest BCUT2D eigenvalue weighted by Crippen LogP contribution is -2.29. The third-order valence-corrected chi connectivity index (χ3v) is 3.37. The quantitative estimate of drug-likeness (QED) is 0.665. The summed E-state index contributed by atoms with van der Waals surface area (Å²) in [5, 5.41) is 0. The summed E-state index contributed by atoms with van der Waals surface area (Å²) in [6.07, 6.45) is 0. The molecule has 0 fully saturated rings. The average Bonchev–Trinajstić information content (AvgIpc) is 2.43. The maximum Gasteiger partial charge on any atom is 0.124 e. The number of nitrogens with two attached hydrogens (primary N) is 1. The van der Waals surface area contributed by atoms with E-state index in [9.17, 15) is 4.39 Å². The third-order valence-electron chi connectivity index (χ3n) is 3.37. The minimum absolute atomic E-state index is 0.244. The van der Waals surface area contributed by atoms with Crippen molar-refractivity contribution in [2.75, 3.05) is 7.11 Å². The molecule has 20 heavy (non-hydrogen) atoms. The molecular weight excluding hydrogens is 255 g/mol. The fourth-order valence-corrected chi connectivity index (χ4v) is 2.48. The van der Waals surface area contributed by atoms with E-state index in [1.54, 1.807) is 19.2 Å². The lowest BCUT2D eigenvalue weighted by molar-refractivity contribution is 0.403. The third kappa shape index (κ3) is 2.81. The van der Waals surface area contributed by atoms with Crippen molar-refractivity contribution in [2.45, 2.75) is 19.9 Å². The van der Waals surface area contributed by atoms with E-state index in [0.717, 1.165) is 28.0 Å². The van der Waals surface area contributed by atoms with Crippen molar-refractivity contribution in [3.05, 3.63) is 64.5 Å². The first-order valence-electron chi connectivity index (χ1n) is 6.43. The Morgan fingerprint density at radius 2 is 1.80 bits per heavy atom. The van der Waals surface area contributed by atoms with Gasteiger partial charge in [0.1, 0.15) is 11.6 Å². The first-order valence-corrected chi connectivity index (χ1v) is 6.43. The number of halogens is 1. The second-order valence-electron chi connectivity index (χ2n) is 4.85. The number of rotatable bonds is 4. The van der Waals surface area contributed by atoms with Crippen LogP contribution in [0, 0.1) is 19.7 Å². The van der Waals surface area contributed by atoms with Crippen LogP contribution >= 0.6 is 0 Å². The molecule has 2 aromatic carbocycles. The van der Waals surface area contributed by atoms with Crippen molar-refractivity contribution in [3.8, 4) is 5.75 Å². The largest absolute Gasteiger partial charge is 0.496 e. The van der Waals surface area contributed by atoms with Crippen LogP contribution < -0.4 is 16.0 Å². The minimum atomic E-state index is -0.267. The highest BCUT2D eigenvalue weighted by Crippen LogP contribution is 2.33. The van der Waals surface area contributed by atoms with Crippen LogP contribution in [0.1, 0.15) is 28.3 Å². The molecule has 2 aromatic rings. The maximum atomic E-state index is 13.1. The van der Waals surface area contributed by atoms with Gasteiger partial charge in [0.2, 0.25) is 0 Å². The Balaban J connectivity index is 2.54. The Morgan fingerprint density at radius 1 is 1.15 bits per heavy atom. The van der Waals surface area contributed by atoms with E-state index in [1.165, 1.54) is 12.1 Å². The van der Waals surface area contributed by atoms with E-state index in [1.807, 2.05) is 19.9 Å². The van der Waals surface area contributed by atoms with Gasteiger partial charge in [-0.25, -0.2) is 9.82 Å². The number of hydrazine groups is 1. The van der Waals surface area contributed by atoms with E-state index >= 15 is 0 Å². The Kier molecular flexibility index (Phi) is 4.37. The number of hydrogen-bond donors (Lipinski definition) is 2. The van der Waals surface area contributed by atoms with Crippen LogP contribution in [0.4, 0.5) is 4.39 Å². The Morgan fingerprint density at radius 3 is 2.35 bits per heavy atom. The first-order chi connectivity index (χ1) is 9.56. The van der Waals surface area contributed by atoms with Gasteiger partial charge in [0.15, 0.2) is 0 Å². The minimum Gasteiger partial charge on any atom is -0.496 e. The highest BCUT2D eigenvalue weighted by molar-refractivity contribution is 5.48. The highest BCUT2D eigenvalue weighted by atomic mass is 19.1. The smallest absolute Gasteiger partial charge is 0.124 e. The molecule has 0 saturated heterocycles. The molecule has 0 heterocycles. The zero-order valence-electron chi connectivity index (χ0n) is 11.9. The van der Waals surface area contributed by atoms with Crippen LogP contribution in [0.3, 0.4) is 0 Å². The van der Waals surface area contributed by atoms with E-state index in [4.69, 9.17) is 10.6 Å². The number of methoxy groups -OCH3 is 1. The number of nitrogens with one attached hydrogen (secondary N) is 1. The van der Waals surface area contributed by atoms with Crippen LogP contribution in [-0.2, 0) is 0 Å². The molecule has 0 saturated carbocycles. The molecule has 0 bridgehead atoms. The maximum absolute atomic E-state index is 13.1. The van der Waals surface area contributed by atoms with Crippen LogP contribution in [0.2, 0.25) is 0 Å². The lowest BCUT2D eigenvalue weighted by atomic mass is 9.93. The van der Waals surface area contributed by atoms with Crippen LogP contribution in [0.5, 0.6) is 5.75 Å². The normalized spacial score (nSPS) is 12.2. The van der Waals surface area contributed by atoms with Gasteiger partial charge in [-0.15, -0.1) is 0 Å². The molecule has 0 aromatic heterocycles. The van der Waals surface area contributed by atoms with Gasteiger partial charge in [-0.2, -0.15) is 0 Å². The SMILES string of the molecule is COc1cc(C)cc(C)c1C(NN)c1ccc(F)cc1. The van der Waals surface area contributed by atoms with Crippen molar-refractivity contribution in [2.24, 2.45) is 5.84 Å². The van der Waals surface area contributed by atoms with Crippen LogP contribution in [0.15, 0.2) is 36.4 Å². The van der Waals surface area contributed by atoms with Gasteiger partial charge in [-0.05, 0) is 48.7 Å². The summed E-state index contributed by atoms with van der Waals surface area (Å²) in [5.41, 5.74) is 6.84. The standard InChI is InChI=1S/C16H19FN2O/c1-10-8-11(2)15(14(9-10)20-3)16(19-18)12-4-6-13(17)7-5-12/h4-9,16,19H,18H2,1-3H3. The van der Waals surface area contributed by atoms with Crippen molar-refractivity contribution < 1.29 is 9.13 Å². The van der Waals surface area contributed by atoms with Crippen molar-refractivity contribution in [1.82, 2.24) is 5.43 Å². The second kappa shape index (κ2) is 6.03. The Bertz CT molecular complexity index is 596. The molecule has 0 aliphatic heterocycles. The number of ether oxygens (including phenoxy) is 1. The van der Waals surface area contributed by atoms with Crippen LogP contribution in [0.25, 0.3) is 0 Å². The summed E-state index contributed by atoms with van der Waals surface area (Å²) in [6.45, 7) is 4.03. The van der Waals surface area contributed by atoms with Crippen molar-refractivity contribution in [1.29, 1.82) is 0 Å². The molecule has 0 radical (unpaired) electrons. The summed E-state index contributed by atoms with van der Waals surface area (Å²) in [5.74, 6) is 6.21. The van der Waals surface area contributed by atoms with E-state index in [2.05, 4.69) is 11.5 Å². The molecule has 3 nitrogen and oxygen atoms in total. The molecule has 0 aliphatic carbocycles. The predicted molar refractivity (Wildman–Crippen MR) is 78.0 cm³/mol. The van der Waals surface area contributed by atoms with Crippen molar-refractivity contribution >= 4 is 0 Å². The number of hydrogen-bond acceptors (Lipinski definition) is 3. The molecule has 0 spiro atoms. The molecule has 2 rings (SSSR count). The zero-order chi connectivity index (χ0) is 14.7. The molecular formula is C16H19FN2O. The fraction of sp³-hybridized carbons (Fsp3) is 0.250. The summed E-state index contributed by atoms with van der Waals surface area (Å²) >= 11 is 0. The van der Waals surface area contributed by atoms with Crippen molar-refractivity contribution in [3.63, 3.8) is 0 Å². The lowest BCUT2D eigenvalue weighted by Gasteiger charge is -2.22. The van der Waals surface area contributed by atoms with Gasteiger partial charge in [0.25, 0.3) is 0 Å². The van der Waals surface area contributed by atoms with Gasteiger partial charge in [-0.1, -0.05) is 18.2 Å². The van der Waals surface area contributed by atoms with Gasteiger partial charge in [0.05, 0.1) is 13.2 Å². The van der Waals surface area contributed by atoms with Crippen LogP contribution in [-0.4, -0.2) is 7.11 Å². The van der Waals surface area contributed by atoms with Gasteiger partial charge in [0, 0.05) is 5.56 Å². The average molecular weight is 274 g/mol. The summed E-state index contributed by atoms with van der Waals surface area (Å²) in [6, 6.07) is 10.1. The topological polar surface area (TPSA) is 47.3 Å². The molecule has 1 unspecified atom stereocenters. The first kappa shape index (κ1) is 14.5. The summed E-state index contributed by atoms with van der Waals surface area (Å²) in [7, 11) is 1.63. The van der Waals surface area contributed by atoms with Gasteiger partial charge >= 0.3 is 0 Å². The molecule has 0 amide bonds. The molecule has 3 N–H and O–H groups in total. The summed E-state index contributed by atoms with van der Waals surface area (Å²) in [4.78, 5) is 0.